The summed E-state index contributed by atoms with van der Waals surface area (Å²) in [5, 5.41) is 2.10. The highest BCUT2D eigenvalue weighted by Gasteiger charge is 2.35. The summed E-state index contributed by atoms with van der Waals surface area (Å²) in [5.74, 6) is -1.77. The Morgan fingerprint density at radius 1 is 1.41 bits per heavy atom. The first kappa shape index (κ1) is 20.8. The number of piperazine rings is 1. The van der Waals surface area contributed by atoms with Gasteiger partial charge in [-0.05, 0) is 23.8 Å². The Labute approximate surface area is 157 Å². The molecule has 27 heavy (non-hydrogen) atoms. The Hall–Kier alpha value is -2.55. The highest BCUT2D eigenvalue weighted by Crippen LogP contribution is 2.35. The molecule has 1 fully saturated rings. The first-order valence-electron chi connectivity index (χ1n) is 7.83. The van der Waals surface area contributed by atoms with E-state index in [-0.39, 0.29) is 25.1 Å². The number of halogens is 4. The van der Waals surface area contributed by atoms with E-state index in [9.17, 15) is 27.6 Å². The summed E-state index contributed by atoms with van der Waals surface area (Å²) in [6.07, 6.45) is -2.70. The molecule has 0 unspecified atom stereocenters. The van der Waals surface area contributed by atoms with Gasteiger partial charge in [-0.25, -0.2) is 0 Å². The van der Waals surface area contributed by atoms with Crippen molar-refractivity contribution < 1.29 is 32.3 Å². The van der Waals surface area contributed by atoms with Crippen molar-refractivity contribution in [3.63, 3.8) is 0 Å². The van der Waals surface area contributed by atoms with E-state index in [4.69, 9.17) is 11.6 Å². The SMILES string of the molecule is COC(=O)C[C@@H]1C(=O)NCCN1C(=O)/C=C\c1ccc(Cl)c(C(F)(F)F)c1. The lowest BCUT2D eigenvalue weighted by atomic mass is 10.1. The van der Waals surface area contributed by atoms with E-state index in [1.54, 1.807) is 0 Å². The van der Waals surface area contributed by atoms with Crippen LogP contribution in [0.2, 0.25) is 5.02 Å². The summed E-state index contributed by atoms with van der Waals surface area (Å²) >= 11 is 5.56. The Morgan fingerprint density at radius 3 is 2.74 bits per heavy atom. The van der Waals surface area contributed by atoms with Gasteiger partial charge in [0.1, 0.15) is 6.04 Å². The predicted molar refractivity (Wildman–Crippen MR) is 90.6 cm³/mol. The van der Waals surface area contributed by atoms with Gasteiger partial charge in [0.05, 0.1) is 24.1 Å². The molecule has 6 nitrogen and oxygen atoms in total. The second-order valence-corrected chi connectivity index (χ2v) is 6.10. The second-order valence-electron chi connectivity index (χ2n) is 5.69. The number of methoxy groups -OCH3 is 1. The number of amides is 2. The number of ether oxygens (including phenoxy) is 1. The lowest BCUT2D eigenvalue weighted by Gasteiger charge is -2.33. The molecule has 1 heterocycles. The van der Waals surface area contributed by atoms with Crippen LogP contribution in [-0.4, -0.2) is 48.9 Å². The van der Waals surface area contributed by atoms with Crippen molar-refractivity contribution in [2.45, 2.75) is 18.6 Å². The van der Waals surface area contributed by atoms with Gasteiger partial charge in [-0.1, -0.05) is 17.7 Å². The van der Waals surface area contributed by atoms with Gasteiger partial charge in [0.15, 0.2) is 0 Å². The predicted octanol–water partition coefficient (Wildman–Crippen LogP) is 2.26. The quantitative estimate of drug-likeness (QED) is 0.617. The van der Waals surface area contributed by atoms with Crippen LogP contribution in [0.1, 0.15) is 17.5 Å². The third-order valence-corrected chi connectivity index (χ3v) is 4.25. The number of esters is 1. The molecule has 1 aliphatic heterocycles. The zero-order valence-electron chi connectivity index (χ0n) is 14.2. The van der Waals surface area contributed by atoms with Crippen molar-refractivity contribution in [2.75, 3.05) is 20.2 Å². The van der Waals surface area contributed by atoms with E-state index in [1.807, 2.05) is 0 Å². The van der Waals surface area contributed by atoms with Gasteiger partial charge >= 0.3 is 12.1 Å². The summed E-state index contributed by atoms with van der Waals surface area (Å²) in [7, 11) is 1.16. The largest absolute Gasteiger partial charge is 0.469 e. The van der Waals surface area contributed by atoms with Crippen LogP contribution in [0.4, 0.5) is 13.2 Å². The van der Waals surface area contributed by atoms with Crippen LogP contribution in [0.15, 0.2) is 24.3 Å². The van der Waals surface area contributed by atoms with Crippen LogP contribution < -0.4 is 5.32 Å². The maximum absolute atomic E-state index is 12.9. The monoisotopic (exact) mass is 404 g/mol. The van der Waals surface area contributed by atoms with Gasteiger partial charge in [0.2, 0.25) is 11.8 Å². The lowest BCUT2D eigenvalue weighted by Crippen LogP contribution is -2.57. The fourth-order valence-corrected chi connectivity index (χ4v) is 2.77. The summed E-state index contributed by atoms with van der Waals surface area (Å²) in [6, 6.07) is 2.19. The molecule has 0 bridgehead atoms. The van der Waals surface area contributed by atoms with E-state index >= 15 is 0 Å². The van der Waals surface area contributed by atoms with E-state index in [0.717, 1.165) is 25.3 Å². The average Bonchev–Trinajstić information content (AvgIpc) is 2.61. The molecule has 0 radical (unpaired) electrons. The molecule has 1 aromatic carbocycles. The van der Waals surface area contributed by atoms with Gasteiger partial charge in [-0.3, -0.25) is 14.4 Å². The first-order chi connectivity index (χ1) is 12.6. The summed E-state index contributed by atoms with van der Waals surface area (Å²) in [5.41, 5.74) is -0.897. The molecule has 146 valence electrons. The molecule has 1 saturated heterocycles. The maximum Gasteiger partial charge on any atom is 0.417 e. The van der Waals surface area contributed by atoms with E-state index in [1.165, 1.54) is 17.0 Å². The zero-order chi connectivity index (χ0) is 20.2. The van der Waals surface area contributed by atoms with E-state index < -0.39 is 40.6 Å². The minimum atomic E-state index is -4.62. The summed E-state index contributed by atoms with van der Waals surface area (Å²) < 4.78 is 43.2. The average molecular weight is 405 g/mol. The Bertz CT molecular complexity index is 780. The fourth-order valence-electron chi connectivity index (χ4n) is 2.55. The molecule has 0 spiro atoms. The summed E-state index contributed by atoms with van der Waals surface area (Å²) in [4.78, 5) is 37.0. The van der Waals surface area contributed by atoms with E-state index in [0.29, 0.717) is 0 Å². The van der Waals surface area contributed by atoms with Crippen molar-refractivity contribution in [3.8, 4) is 0 Å². The summed E-state index contributed by atoms with van der Waals surface area (Å²) in [6.45, 7) is 0.361. The molecule has 10 heteroatoms. The molecule has 0 saturated carbocycles. The van der Waals surface area contributed by atoms with Gasteiger partial charge in [0, 0.05) is 19.2 Å². The first-order valence-corrected chi connectivity index (χ1v) is 8.21. The number of nitrogens with one attached hydrogen (secondary N) is 1. The lowest BCUT2D eigenvalue weighted by molar-refractivity contribution is -0.148. The molecule has 1 aromatic rings. The van der Waals surface area contributed by atoms with Gasteiger partial charge in [-0.2, -0.15) is 13.2 Å². The highest BCUT2D eigenvalue weighted by atomic mass is 35.5. The standard InChI is InChI=1S/C17H16ClF3N2O4/c1-27-15(25)9-13-16(26)22-6-7-23(13)14(24)5-3-10-2-4-12(18)11(8-10)17(19,20)21/h2-5,8,13H,6-7,9H2,1H3,(H,22,26)/b5-3-/t13-/m1/s1. The number of benzene rings is 1. The molecule has 1 N–H and O–H groups in total. The fraction of sp³-hybridized carbons (Fsp3) is 0.353. The van der Waals surface area contributed by atoms with E-state index in [2.05, 4.69) is 10.1 Å². The molecule has 0 aliphatic carbocycles. The molecule has 0 aromatic heterocycles. The molecule has 2 amide bonds. The third kappa shape index (κ3) is 5.22. The van der Waals surface area contributed by atoms with Crippen LogP contribution in [0.25, 0.3) is 6.08 Å². The van der Waals surface area contributed by atoms with Gasteiger partial charge in [0.25, 0.3) is 0 Å². The Kier molecular flexibility index (Phi) is 6.48. The second kappa shape index (κ2) is 8.43. The minimum absolute atomic E-state index is 0.117. The van der Waals surface area contributed by atoms with Crippen molar-refractivity contribution in [1.29, 1.82) is 0 Å². The number of alkyl halides is 3. The van der Waals surface area contributed by atoms with Crippen LogP contribution >= 0.6 is 11.6 Å². The molecule has 1 aliphatic rings. The topological polar surface area (TPSA) is 75.7 Å². The van der Waals surface area contributed by atoms with Crippen molar-refractivity contribution in [3.05, 3.63) is 40.4 Å². The van der Waals surface area contributed by atoms with Gasteiger partial charge < -0.3 is 15.0 Å². The van der Waals surface area contributed by atoms with Crippen molar-refractivity contribution in [1.82, 2.24) is 10.2 Å². The molecular weight excluding hydrogens is 389 g/mol. The van der Waals surface area contributed by atoms with Crippen LogP contribution in [-0.2, 0) is 25.3 Å². The highest BCUT2D eigenvalue weighted by molar-refractivity contribution is 6.31. The zero-order valence-corrected chi connectivity index (χ0v) is 14.9. The Morgan fingerprint density at radius 2 is 2.11 bits per heavy atom. The number of rotatable bonds is 4. The minimum Gasteiger partial charge on any atom is -0.469 e. The molecule has 2 rings (SSSR count). The maximum atomic E-state index is 12.9. The van der Waals surface area contributed by atoms with Crippen molar-refractivity contribution >= 4 is 35.5 Å². The number of carbonyl (C=O) groups is 3. The van der Waals surface area contributed by atoms with Crippen LogP contribution in [0.3, 0.4) is 0 Å². The number of hydrogen-bond acceptors (Lipinski definition) is 4. The third-order valence-electron chi connectivity index (χ3n) is 3.92. The van der Waals surface area contributed by atoms with Crippen LogP contribution in [0, 0.1) is 0 Å². The molecular formula is C17H16ClF3N2O4. The van der Waals surface area contributed by atoms with Crippen LogP contribution in [0.5, 0.6) is 0 Å². The normalized spacial score (nSPS) is 17.7. The number of nitrogens with zero attached hydrogens (tertiary/aromatic N) is 1. The number of carbonyl (C=O) groups excluding carboxylic acids is 3. The Balaban J connectivity index is 2.19. The van der Waals surface area contributed by atoms with Crippen molar-refractivity contribution in [2.24, 2.45) is 0 Å². The smallest absolute Gasteiger partial charge is 0.417 e. The van der Waals surface area contributed by atoms with Gasteiger partial charge in [-0.15, -0.1) is 0 Å². The molecule has 1 atom stereocenters. The number of hydrogen-bond donors (Lipinski definition) is 1.